The molecule has 6 nitrogen and oxygen atoms in total. The number of likely N-dealkylation sites (N-methyl/N-ethyl adjacent to an activating group) is 1. The van der Waals surface area contributed by atoms with E-state index in [1.807, 2.05) is 24.3 Å². The van der Waals surface area contributed by atoms with Crippen LogP contribution in [0, 0.1) is 0 Å². The first kappa shape index (κ1) is 25.5. The number of hydrogen-bond acceptors (Lipinski definition) is 3. The summed E-state index contributed by atoms with van der Waals surface area (Å²) in [7, 11) is 5.21. The first-order valence-corrected chi connectivity index (χ1v) is 9.35. The van der Waals surface area contributed by atoms with E-state index in [2.05, 4.69) is 29.5 Å². The SMILES string of the molecule is CCCCCC(C)NC(=NC)NCc1cccc(OCC(=O)N(C)C)c1.I. The van der Waals surface area contributed by atoms with Crippen LogP contribution in [0.5, 0.6) is 5.75 Å². The lowest BCUT2D eigenvalue weighted by molar-refractivity contribution is -0.130. The van der Waals surface area contributed by atoms with Gasteiger partial charge in [-0.25, -0.2) is 0 Å². The normalized spacial score (nSPS) is 12.0. The van der Waals surface area contributed by atoms with Crippen LogP contribution in [0.4, 0.5) is 0 Å². The Morgan fingerprint density at radius 1 is 1.30 bits per heavy atom. The van der Waals surface area contributed by atoms with Crippen LogP contribution in [-0.4, -0.2) is 50.6 Å². The Labute approximate surface area is 181 Å². The molecule has 0 aliphatic heterocycles. The second-order valence-electron chi connectivity index (χ2n) is 6.69. The van der Waals surface area contributed by atoms with E-state index in [0.29, 0.717) is 18.3 Å². The zero-order chi connectivity index (χ0) is 19.4. The number of ether oxygens (including phenoxy) is 1. The number of guanidine groups is 1. The lowest BCUT2D eigenvalue weighted by Crippen LogP contribution is -2.41. The molecule has 0 aromatic heterocycles. The number of nitrogens with one attached hydrogen (secondary N) is 2. The van der Waals surface area contributed by atoms with Crippen molar-refractivity contribution in [2.24, 2.45) is 4.99 Å². The molecule has 0 aliphatic carbocycles. The van der Waals surface area contributed by atoms with Gasteiger partial charge in [0, 0.05) is 33.7 Å². The summed E-state index contributed by atoms with van der Waals surface area (Å²) < 4.78 is 5.56. The van der Waals surface area contributed by atoms with Crippen molar-refractivity contribution in [2.45, 2.75) is 52.1 Å². The van der Waals surface area contributed by atoms with Crippen LogP contribution in [0.2, 0.25) is 0 Å². The highest BCUT2D eigenvalue weighted by Crippen LogP contribution is 2.13. The topological polar surface area (TPSA) is 66.0 Å². The van der Waals surface area contributed by atoms with Gasteiger partial charge in [-0.15, -0.1) is 24.0 Å². The van der Waals surface area contributed by atoms with Gasteiger partial charge >= 0.3 is 0 Å². The van der Waals surface area contributed by atoms with E-state index in [1.54, 1.807) is 21.1 Å². The van der Waals surface area contributed by atoms with Gasteiger partial charge in [-0.3, -0.25) is 9.79 Å². The van der Waals surface area contributed by atoms with E-state index in [-0.39, 0.29) is 36.5 Å². The number of carbonyl (C=O) groups is 1. The van der Waals surface area contributed by atoms with Crippen molar-refractivity contribution in [3.05, 3.63) is 29.8 Å². The summed E-state index contributed by atoms with van der Waals surface area (Å²) in [6.07, 6.45) is 4.86. The summed E-state index contributed by atoms with van der Waals surface area (Å²) in [6, 6.07) is 8.13. The number of amides is 1. The monoisotopic (exact) mass is 490 g/mol. The van der Waals surface area contributed by atoms with Gasteiger partial charge in [-0.1, -0.05) is 38.3 Å². The highest BCUT2D eigenvalue weighted by atomic mass is 127. The number of carbonyl (C=O) groups excluding carboxylic acids is 1. The molecule has 0 bridgehead atoms. The Kier molecular flexibility index (Phi) is 13.7. The Hall–Kier alpha value is -1.51. The van der Waals surface area contributed by atoms with Crippen LogP contribution in [0.1, 0.15) is 45.1 Å². The van der Waals surface area contributed by atoms with Gasteiger partial charge < -0.3 is 20.3 Å². The zero-order valence-corrected chi connectivity index (χ0v) is 19.6. The number of aliphatic imine (C=N–C) groups is 1. The lowest BCUT2D eigenvalue weighted by Gasteiger charge is -2.18. The summed E-state index contributed by atoms with van der Waals surface area (Å²) in [5.74, 6) is 1.42. The molecule has 1 rings (SSSR count). The standard InChI is InChI=1S/C20H34N4O2.HI/c1-6-7-8-10-16(2)23-20(21-3)22-14-17-11-9-12-18(13-17)26-15-19(25)24(4)5;/h9,11-13,16H,6-8,10,14-15H2,1-5H3,(H2,21,22,23);1H. The summed E-state index contributed by atoms with van der Waals surface area (Å²) >= 11 is 0. The number of rotatable bonds is 10. The van der Waals surface area contributed by atoms with E-state index in [0.717, 1.165) is 17.9 Å². The van der Waals surface area contributed by atoms with Crippen LogP contribution in [0.25, 0.3) is 0 Å². The smallest absolute Gasteiger partial charge is 0.259 e. The average molecular weight is 490 g/mol. The van der Waals surface area contributed by atoms with E-state index in [4.69, 9.17) is 4.74 Å². The lowest BCUT2D eigenvalue weighted by atomic mass is 10.1. The van der Waals surface area contributed by atoms with Gasteiger partial charge in [0.25, 0.3) is 5.91 Å². The fourth-order valence-corrected chi connectivity index (χ4v) is 2.41. The maximum absolute atomic E-state index is 11.6. The van der Waals surface area contributed by atoms with Gasteiger partial charge in [0.15, 0.2) is 12.6 Å². The molecule has 0 spiro atoms. The van der Waals surface area contributed by atoms with Crippen molar-refractivity contribution in [3.63, 3.8) is 0 Å². The Morgan fingerprint density at radius 2 is 2.04 bits per heavy atom. The molecule has 0 saturated carbocycles. The summed E-state index contributed by atoms with van der Waals surface area (Å²) in [4.78, 5) is 17.4. The molecule has 27 heavy (non-hydrogen) atoms. The molecule has 0 aliphatic rings. The van der Waals surface area contributed by atoms with Crippen molar-refractivity contribution in [1.82, 2.24) is 15.5 Å². The van der Waals surface area contributed by atoms with Gasteiger partial charge in [0.2, 0.25) is 0 Å². The number of nitrogens with zero attached hydrogens (tertiary/aromatic N) is 2. The molecule has 0 heterocycles. The maximum Gasteiger partial charge on any atom is 0.259 e. The van der Waals surface area contributed by atoms with Crippen molar-refractivity contribution < 1.29 is 9.53 Å². The minimum atomic E-state index is -0.0600. The molecular formula is C20H35IN4O2. The zero-order valence-electron chi connectivity index (χ0n) is 17.2. The maximum atomic E-state index is 11.6. The van der Waals surface area contributed by atoms with Crippen LogP contribution in [-0.2, 0) is 11.3 Å². The molecule has 1 amide bonds. The molecule has 2 N–H and O–H groups in total. The van der Waals surface area contributed by atoms with Gasteiger partial charge in [0.1, 0.15) is 5.75 Å². The second-order valence-corrected chi connectivity index (χ2v) is 6.69. The molecule has 1 aromatic rings. The first-order chi connectivity index (χ1) is 12.5. The third kappa shape index (κ3) is 11.0. The average Bonchev–Trinajstić information content (AvgIpc) is 2.63. The Balaban J connectivity index is 0.00000676. The van der Waals surface area contributed by atoms with E-state index in [9.17, 15) is 4.79 Å². The van der Waals surface area contributed by atoms with Crippen LogP contribution in [0.3, 0.4) is 0 Å². The molecular weight excluding hydrogens is 455 g/mol. The van der Waals surface area contributed by atoms with Crippen molar-refractivity contribution in [2.75, 3.05) is 27.7 Å². The quantitative estimate of drug-likeness (QED) is 0.228. The first-order valence-electron chi connectivity index (χ1n) is 9.35. The van der Waals surface area contributed by atoms with Crippen LogP contribution < -0.4 is 15.4 Å². The van der Waals surface area contributed by atoms with Crippen molar-refractivity contribution in [1.29, 1.82) is 0 Å². The predicted molar refractivity (Wildman–Crippen MR) is 123 cm³/mol. The number of unbranched alkanes of at least 4 members (excludes halogenated alkanes) is 2. The molecule has 0 fully saturated rings. The van der Waals surface area contributed by atoms with Gasteiger partial charge in [-0.2, -0.15) is 0 Å². The molecule has 0 saturated heterocycles. The second kappa shape index (κ2) is 14.5. The fourth-order valence-electron chi connectivity index (χ4n) is 2.41. The third-order valence-electron chi connectivity index (χ3n) is 4.07. The summed E-state index contributed by atoms with van der Waals surface area (Å²) in [5.41, 5.74) is 1.07. The minimum Gasteiger partial charge on any atom is -0.484 e. The van der Waals surface area contributed by atoms with Crippen LogP contribution in [0.15, 0.2) is 29.3 Å². The predicted octanol–water partition coefficient (Wildman–Crippen LogP) is 3.41. The molecule has 1 aromatic carbocycles. The van der Waals surface area contributed by atoms with E-state index < -0.39 is 0 Å². The molecule has 0 radical (unpaired) electrons. The largest absolute Gasteiger partial charge is 0.484 e. The van der Waals surface area contributed by atoms with Gasteiger partial charge in [-0.05, 0) is 31.0 Å². The van der Waals surface area contributed by atoms with Crippen molar-refractivity contribution in [3.8, 4) is 5.75 Å². The van der Waals surface area contributed by atoms with Gasteiger partial charge in [0.05, 0.1) is 0 Å². The minimum absolute atomic E-state index is 0. The number of hydrogen-bond donors (Lipinski definition) is 2. The third-order valence-corrected chi connectivity index (χ3v) is 4.07. The summed E-state index contributed by atoms with van der Waals surface area (Å²) in [6.45, 7) is 5.08. The molecule has 7 heteroatoms. The fraction of sp³-hybridized carbons (Fsp3) is 0.600. The van der Waals surface area contributed by atoms with E-state index in [1.165, 1.54) is 24.2 Å². The molecule has 154 valence electrons. The van der Waals surface area contributed by atoms with E-state index >= 15 is 0 Å². The van der Waals surface area contributed by atoms with Crippen molar-refractivity contribution >= 4 is 35.8 Å². The molecule has 1 unspecified atom stereocenters. The van der Waals surface area contributed by atoms with Crippen LogP contribution >= 0.6 is 24.0 Å². The number of benzene rings is 1. The highest BCUT2D eigenvalue weighted by molar-refractivity contribution is 14.0. The highest BCUT2D eigenvalue weighted by Gasteiger charge is 2.07. The molecule has 1 atom stereocenters. The Morgan fingerprint density at radius 3 is 2.67 bits per heavy atom. The Bertz CT molecular complexity index is 579. The summed E-state index contributed by atoms with van der Waals surface area (Å²) in [5, 5.41) is 6.75. The number of halogens is 1.